The molecule has 4 rings (SSSR count). The second-order valence-corrected chi connectivity index (χ2v) is 12.7. The minimum Gasteiger partial charge on any atom is -0.496 e. The lowest BCUT2D eigenvalue weighted by Gasteiger charge is -2.33. The first-order valence-electron chi connectivity index (χ1n) is 12.1. The van der Waals surface area contributed by atoms with Gasteiger partial charge in [-0.2, -0.15) is 0 Å². The zero-order chi connectivity index (χ0) is 24.5. The van der Waals surface area contributed by atoms with Gasteiger partial charge in [0.2, 0.25) is 5.91 Å². The maximum Gasteiger partial charge on any atom is 0.242 e. The summed E-state index contributed by atoms with van der Waals surface area (Å²) in [6, 6.07) is 16.0. The van der Waals surface area contributed by atoms with Crippen molar-refractivity contribution >= 4 is 15.7 Å². The third-order valence-electron chi connectivity index (χ3n) is 7.10. The molecule has 0 saturated carbocycles. The van der Waals surface area contributed by atoms with Crippen LogP contribution in [0.1, 0.15) is 69.2 Å². The van der Waals surface area contributed by atoms with Crippen molar-refractivity contribution in [3.05, 3.63) is 65.2 Å². The van der Waals surface area contributed by atoms with Gasteiger partial charge in [-0.25, -0.2) is 8.42 Å². The lowest BCUT2D eigenvalue weighted by atomic mass is 9.86. The normalized spacial score (nSPS) is 24.4. The van der Waals surface area contributed by atoms with Crippen molar-refractivity contribution in [3.63, 3.8) is 0 Å². The summed E-state index contributed by atoms with van der Waals surface area (Å²) in [7, 11) is -1.73. The number of hydrogen-bond acceptors (Lipinski definition) is 5. The van der Waals surface area contributed by atoms with Crippen LogP contribution in [0.2, 0.25) is 0 Å². The molecule has 2 saturated heterocycles. The van der Waals surface area contributed by atoms with E-state index in [2.05, 4.69) is 38.2 Å². The molecule has 34 heavy (non-hydrogen) atoms. The highest BCUT2D eigenvalue weighted by atomic mass is 32.2. The van der Waals surface area contributed by atoms with Gasteiger partial charge in [-0.05, 0) is 48.3 Å². The van der Waals surface area contributed by atoms with Crippen molar-refractivity contribution in [2.45, 2.75) is 75.9 Å². The zero-order valence-corrected chi connectivity index (χ0v) is 21.4. The Bertz CT molecular complexity index is 1130. The summed E-state index contributed by atoms with van der Waals surface area (Å²) in [4.78, 5) is 15.5. The predicted octanol–water partition coefficient (Wildman–Crippen LogP) is 4.35. The fraction of sp³-hybridized carbons (Fsp3) is 0.519. The number of nitrogens with one attached hydrogen (secondary N) is 1. The van der Waals surface area contributed by atoms with E-state index >= 15 is 0 Å². The number of rotatable bonds is 6. The van der Waals surface area contributed by atoms with Gasteiger partial charge in [0.1, 0.15) is 11.0 Å². The first-order chi connectivity index (χ1) is 16.1. The monoisotopic (exact) mass is 484 g/mol. The summed E-state index contributed by atoms with van der Waals surface area (Å²) in [5.41, 5.74) is 3.29. The molecule has 0 spiro atoms. The number of likely N-dealkylation sites (tertiary alicyclic amines) is 1. The number of carbonyl (C=O) groups is 1. The molecule has 184 valence electrons. The van der Waals surface area contributed by atoms with Crippen LogP contribution < -0.4 is 10.1 Å². The molecule has 1 amide bonds. The van der Waals surface area contributed by atoms with Gasteiger partial charge in [0.15, 0.2) is 9.84 Å². The minimum absolute atomic E-state index is 0.00557. The van der Waals surface area contributed by atoms with Gasteiger partial charge in [0.25, 0.3) is 0 Å². The quantitative estimate of drug-likeness (QED) is 0.660. The Morgan fingerprint density at radius 3 is 2.44 bits per heavy atom. The van der Waals surface area contributed by atoms with Gasteiger partial charge in [-0.3, -0.25) is 10.1 Å². The highest BCUT2D eigenvalue weighted by molar-refractivity contribution is 7.93. The Balaban J connectivity index is 1.61. The van der Waals surface area contributed by atoms with Crippen LogP contribution >= 0.6 is 0 Å². The van der Waals surface area contributed by atoms with E-state index in [4.69, 9.17) is 4.74 Å². The molecule has 7 heteroatoms. The number of nitrogens with zero attached hydrogens (tertiary/aromatic N) is 1. The molecule has 0 aromatic heterocycles. The second-order valence-electron chi connectivity index (χ2n) is 10.4. The van der Waals surface area contributed by atoms with Gasteiger partial charge in [0.05, 0.1) is 25.1 Å². The molecule has 3 atom stereocenters. The molecule has 0 bridgehead atoms. The van der Waals surface area contributed by atoms with Gasteiger partial charge < -0.3 is 9.64 Å². The average molecular weight is 485 g/mol. The van der Waals surface area contributed by atoms with Gasteiger partial charge >= 0.3 is 0 Å². The molecule has 2 aliphatic rings. The minimum atomic E-state index is -3.39. The SMILES string of the molecule is COc1ccc(C(C)(C)C)cc1CNC1CCC(c2ccccc2)N1C(=O)C1CCCS1(=O)=O. The molecule has 2 fully saturated rings. The van der Waals surface area contributed by atoms with E-state index in [0.29, 0.717) is 19.4 Å². The number of methoxy groups -OCH3 is 1. The first kappa shape index (κ1) is 24.7. The van der Waals surface area contributed by atoms with E-state index in [1.807, 2.05) is 41.3 Å². The predicted molar refractivity (Wildman–Crippen MR) is 134 cm³/mol. The van der Waals surface area contributed by atoms with Crippen molar-refractivity contribution in [1.29, 1.82) is 0 Å². The van der Waals surface area contributed by atoms with Crippen molar-refractivity contribution in [3.8, 4) is 5.75 Å². The van der Waals surface area contributed by atoms with Crippen LogP contribution in [0.4, 0.5) is 0 Å². The Morgan fingerprint density at radius 1 is 1.09 bits per heavy atom. The van der Waals surface area contributed by atoms with Crippen molar-refractivity contribution in [1.82, 2.24) is 10.2 Å². The Morgan fingerprint density at radius 2 is 1.82 bits per heavy atom. The second kappa shape index (κ2) is 9.70. The van der Waals surface area contributed by atoms with Crippen LogP contribution in [0, 0.1) is 0 Å². The van der Waals surface area contributed by atoms with Crippen molar-refractivity contribution in [2.75, 3.05) is 12.9 Å². The number of ether oxygens (including phenoxy) is 1. The molecule has 0 radical (unpaired) electrons. The molecule has 0 aliphatic carbocycles. The number of carbonyl (C=O) groups excluding carboxylic acids is 1. The average Bonchev–Trinajstić information content (AvgIpc) is 3.39. The molecule has 2 aromatic rings. The van der Waals surface area contributed by atoms with E-state index < -0.39 is 15.1 Å². The fourth-order valence-corrected chi connectivity index (χ4v) is 6.98. The number of benzene rings is 2. The smallest absolute Gasteiger partial charge is 0.242 e. The molecular weight excluding hydrogens is 448 g/mol. The van der Waals surface area contributed by atoms with Gasteiger partial charge in [-0.1, -0.05) is 63.2 Å². The highest BCUT2D eigenvalue weighted by Gasteiger charge is 2.46. The molecule has 6 nitrogen and oxygen atoms in total. The summed E-state index contributed by atoms with van der Waals surface area (Å²) in [5, 5.41) is 2.63. The van der Waals surface area contributed by atoms with Gasteiger partial charge in [-0.15, -0.1) is 0 Å². The van der Waals surface area contributed by atoms with Crippen LogP contribution in [0.3, 0.4) is 0 Å². The standard InChI is InChI=1S/C27H36N2O4S/c1-27(2,3)21-12-14-23(33-4)20(17-21)18-28-25-15-13-22(19-9-6-5-7-10-19)29(25)26(30)24-11-8-16-34(24,31)32/h5-7,9-10,12,14,17,22,24-25,28H,8,11,13,15-16,18H2,1-4H3. The van der Waals surface area contributed by atoms with E-state index in [1.165, 1.54) is 5.56 Å². The lowest BCUT2D eigenvalue weighted by molar-refractivity contribution is -0.134. The fourth-order valence-electron chi connectivity index (χ4n) is 5.17. The van der Waals surface area contributed by atoms with Crippen molar-refractivity contribution in [2.24, 2.45) is 0 Å². The first-order valence-corrected chi connectivity index (χ1v) is 13.8. The molecule has 2 aromatic carbocycles. The van der Waals surface area contributed by atoms with Crippen molar-refractivity contribution < 1.29 is 17.9 Å². The highest BCUT2D eigenvalue weighted by Crippen LogP contribution is 2.38. The Kier molecular flexibility index (Phi) is 7.06. The van der Waals surface area contributed by atoms with Crippen LogP contribution in [-0.4, -0.2) is 43.5 Å². The molecule has 2 heterocycles. The van der Waals surface area contributed by atoms with E-state index in [0.717, 1.165) is 29.7 Å². The lowest BCUT2D eigenvalue weighted by Crippen LogP contribution is -2.50. The Labute approximate surface area is 203 Å². The zero-order valence-electron chi connectivity index (χ0n) is 20.6. The van der Waals surface area contributed by atoms with Crippen LogP contribution in [0.15, 0.2) is 48.5 Å². The third kappa shape index (κ3) is 5.01. The molecule has 1 N–H and O–H groups in total. The number of sulfone groups is 1. The van der Waals surface area contributed by atoms with Crippen LogP contribution in [-0.2, 0) is 26.6 Å². The molecular formula is C27H36N2O4S. The third-order valence-corrected chi connectivity index (χ3v) is 9.26. The van der Waals surface area contributed by atoms with Gasteiger partial charge in [0, 0.05) is 12.1 Å². The van der Waals surface area contributed by atoms with Crippen LogP contribution in [0.5, 0.6) is 5.75 Å². The summed E-state index contributed by atoms with van der Waals surface area (Å²) in [6.45, 7) is 7.06. The summed E-state index contributed by atoms with van der Waals surface area (Å²) in [6.07, 6.45) is 2.28. The molecule has 3 unspecified atom stereocenters. The summed E-state index contributed by atoms with van der Waals surface area (Å²) in [5.74, 6) is 0.633. The van der Waals surface area contributed by atoms with E-state index in [-0.39, 0.29) is 29.3 Å². The number of amides is 1. The molecule has 2 aliphatic heterocycles. The maximum absolute atomic E-state index is 13.7. The van der Waals surface area contributed by atoms with E-state index in [1.54, 1.807) is 7.11 Å². The summed E-state index contributed by atoms with van der Waals surface area (Å²) >= 11 is 0. The Hall–Kier alpha value is -2.38. The number of hydrogen-bond donors (Lipinski definition) is 1. The van der Waals surface area contributed by atoms with E-state index in [9.17, 15) is 13.2 Å². The maximum atomic E-state index is 13.7. The van der Waals surface area contributed by atoms with Crippen LogP contribution in [0.25, 0.3) is 0 Å². The summed E-state index contributed by atoms with van der Waals surface area (Å²) < 4.78 is 30.8. The topological polar surface area (TPSA) is 75.7 Å². The largest absolute Gasteiger partial charge is 0.496 e.